The molecule has 94 valence electrons. The molecule has 2 nitrogen and oxygen atoms in total. The van der Waals surface area contributed by atoms with Crippen molar-refractivity contribution in [1.82, 2.24) is 5.32 Å². The Hall–Kier alpha value is -0.860. The Kier molecular flexibility index (Phi) is 5.02. The molecule has 2 unspecified atom stereocenters. The highest BCUT2D eigenvalue weighted by atomic mass is 16.5. The van der Waals surface area contributed by atoms with Crippen LogP contribution in [0, 0.1) is 0 Å². The van der Waals surface area contributed by atoms with Gasteiger partial charge in [-0.25, -0.2) is 0 Å². The van der Waals surface area contributed by atoms with Crippen molar-refractivity contribution >= 4 is 0 Å². The van der Waals surface area contributed by atoms with E-state index < -0.39 is 0 Å². The fourth-order valence-corrected chi connectivity index (χ4v) is 2.34. The van der Waals surface area contributed by atoms with E-state index in [1.54, 1.807) is 0 Å². The number of ether oxygens (including phenoxy) is 1. The molecule has 0 bridgehead atoms. The molecule has 1 fully saturated rings. The van der Waals surface area contributed by atoms with Crippen molar-refractivity contribution in [2.24, 2.45) is 0 Å². The Morgan fingerprint density at radius 2 is 2.12 bits per heavy atom. The molecule has 2 rings (SSSR count). The second-order valence-electron chi connectivity index (χ2n) is 4.99. The molecule has 0 aromatic heterocycles. The van der Waals surface area contributed by atoms with Crippen molar-refractivity contribution in [1.29, 1.82) is 0 Å². The number of hydrogen-bond acceptors (Lipinski definition) is 2. The molecule has 1 aromatic rings. The summed E-state index contributed by atoms with van der Waals surface area (Å²) in [5.74, 6) is 0. The molecular weight excluding hydrogens is 210 g/mol. The van der Waals surface area contributed by atoms with Gasteiger partial charge in [0.15, 0.2) is 0 Å². The molecule has 17 heavy (non-hydrogen) atoms. The van der Waals surface area contributed by atoms with Gasteiger partial charge in [-0.2, -0.15) is 0 Å². The highest BCUT2D eigenvalue weighted by Gasteiger charge is 2.14. The summed E-state index contributed by atoms with van der Waals surface area (Å²) in [5.41, 5.74) is 1.40. The SMILES string of the molecule is CC(Cc1ccccc1)NCC1CCCCO1. The third-order valence-electron chi connectivity index (χ3n) is 3.35. The monoisotopic (exact) mass is 233 g/mol. The van der Waals surface area contributed by atoms with Crippen molar-refractivity contribution in [3.05, 3.63) is 35.9 Å². The predicted molar refractivity (Wildman–Crippen MR) is 71.2 cm³/mol. The number of rotatable bonds is 5. The van der Waals surface area contributed by atoms with Gasteiger partial charge < -0.3 is 10.1 Å². The summed E-state index contributed by atoms with van der Waals surface area (Å²) in [4.78, 5) is 0. The van der Waals surface area contributed by atoms with Crippen LogP contribution in [0.5, 0.6) is 0 Å². The van der Waals surface area contributed by atoms with Gasteiger partial charge in [0.1, 0.15) is 0 Å². The Morgan fingerprint density at radius 1 is 1.29 bits per heavy atom. The van der Waals surface area contributed by atoms with Gasteiger partial charge in [0, 0.05) is 19.2 Å². The molecule has 1 aliphatic heterocycles. The zero-order valence-electron chi connectivity index (χ0n) is 10.7. The van der Waals surface area contributed by atoms with Crippen LogP contribution in [-0.4, -0.2) is 25.3 Å². The molecule has 2 heteroatoms. The van der Waals surface area contributed by atoms with Gasteiger partial charge in [0.2, 0.25) is 0 Å². The van der Waals surface area contributed by atoms with Crippen molar-refractivity contribution < 1.29 is 4.74 Å². The molecule has 0 radical (unpaired) electrons. The van der Waals surface area contributed by atoms with Crippen molar-refractivity contribution in [3.63, 3.8) is 0 Å². The zero-order chi connectivity index (χ0) is 11.9. The van der Waals surface area contributed by atoms with Gasteiger partial charge in [-0.3, -0.25) is 0 Å². The van der Waals surface area contributed by atoms with Crippen LogP contribution in [0.25, 0.3) is 0 Å². The van der Waals surface area contributed by atoms with Crippen LogP contribution in [0.1, 0.15) is 31.7 Å². The first-order valence-electron chi connectivity index (χ1n) is 6.73. The van der Waals surface area contributed by atoms with Crippen molar-refractivity contribution in [3.8, 4) is 0 Å². The van der Waals surface area contributed by atoms with Crippen LogP contribution < -0.4 is 5.32 Å². The minimum absolute atomic E-state index is 0.432. The molecular formula is C15H23NO. The lowest BCUT2D eigenvalue weighted by Crippen LogP contribution is -2.37. The molecule has 1 heterocycles. The predicted octanol–water partition coefficient (Wildman–Crippen LogP) is 2.78. The number of hydrogen-bond donors (Lipinski definition) is 1. The third kappa shape index (κ3) is 4.49. The molecule has 0 amide bonds. The summed E-state index contributed by atoms with van der Waals surface area (Å²) >= 11 is 0. The van der Waals surface area contributed by atoms with Gasteiger partial charge in [-0.1, -0.05) is 30.3 Å². The lowest BCUT2D eigenvalue weighted by Gasteiger charge is -2.24. The Labute approximate surface area is 104 Å². The molecule has 0 saturated carbocycles. The smallest absolute Gasteiger partial charge is 0.0699 e. The van der Waals surface area contributed by atoms with Gasteiger partial charge in [0.25, 0.3) is 0 Å². The Bertz CT molecular complexity index is 306. The van der Waals surface area contributed by atoms with Crippen LogP contribution in [-0.2, 0) is 11.2 Å². The van der Waals surface area contributed by atoms with E-state index in [0.29, 0.717) is 12.1 Å². The zero-order valence-corrected chi connectivity index (χ0v) is 10.7. The highest BCUT2D eigenvalue weighted by Crippen LogP contribution is 2.12. The van der Waals surface area contributed by atoms with Crippen LogP contribution in [0.4, 0.5) is 0 Å². The summed E-state index contributed by atoms with van der Waals surface area (Å²) in [7, 11) is 0. The van der Waals surface area contributed by atoms with Crippen LogP contribution in [0.2, 0.25) is 0 Å². The van der Waals surface area contributed by atoms with Crippen molar-refractivity contribution in [2.75, 3.05) is 13.2 Å². The van der Waals surface area contributed by atoms with E-state index in [1.165, 1.54) is 24.8 Å². The van der Waals surface area contributed by atoms with E-state index in [1.807, 2.05) is 0 Å². The van der Waals surface area contributed by atoms with Crippen LogP contribution in [0.3, 0.4) is 0 Å². The maximum atomic E-state index is 5.72. The van der Waals surface area contributed by atoms with E-state index in [9.17, 15) is 0 Å². The summed E-state index contributed by atoms with van der Waals surface area (Å²) in [6.45, 7) is 4.18. The maximum Gasteiger partial charge on any atom is 0.0699 e. The van der Waals surface area contributed by atoms with Crippen LogP contribution in [0.15, 0.2) is 30.3 Å². The topological polar surface area (TPSA) is 21.3 Å². The standard InChI is InChI=1S/C15H23NO/c1-13(11-14-7-3-2-4-8-14)16-12-15-9-5-6-10-17-15/h2-4,7-8,13,15-16H,5-6,9-12H2,1H3. The average Bonchev–Trinajstić information content (AvgIpc) is 2.39. The van der Waals surface area contributed by atoms with E-state index in [0.717, 1.165) is 19.6 Å². The third-order valence-corrected chi connectivity index (χ3v) is 3.35. The first kappa shape index (κ1) is 12.6. The minimum atomic E-state index is 0.432. The molecule has 1 aliphatic rings. The summed E-state index contributed by atoms with van der Waals surface area (Å²) in [5, 5.41) is 3.58. The molecule has 1 N–H and O–H groups in total. The molecule has 0 spiro atoms. The fraction of sp³-hybridized carbons (Fsp3) is 0.600. The van der Waals surface area contributed by atoms with Gasteiger partial charge >= 0.3 is 0 Å². The molecule has 1 aromatic carbocycles. The van der Waals surface area contributed by atoms with Crippen molar-refractivity contribution in [2.45, 2.75) is 44.8 Å². The fourth-order valence-electron chi connectivity index (χ4n) is 2.34. The van der Waals surface area contributed by atoms with Gasteiger partial charge in [-0.15, -0.1) is 0 Å². The van der Waals surface area contributed by atoms with Gasteiger partial charge in [-0.05, 0) is 38.2 Å². The van der Waals surface area contributed by atoms with E-state index in [-0.39, 0.29) is 0 Å². The lowest BCUT2D eigenvalue weighted by molar-refractivity contribution is 0.0156. The highest BCUT2D eigenvalue weighted by molar-refractivity contribution is 5.15. The quantitative estimate of drug-likeness (QED) is 0.844. The summed E-state index contributed by atoms with van der Waals surface area (Å²) in [6, 6.07) is 11.2. The van der Waals surface area contributed by atoms with Gasteiger partial charge in [0.05, 0.1) is 6.10 Å². The summed E-state index contributed by atoms with van der Waals surface area (Å²) < 4.78 is 5.72. The number of benzene rings is 1. The molecule has 0 aliphatic carbocycles. The maximum absolute atomic E-state index is 5.72. The lowest BCUT2D eigenvalue weighted by atomic mass is 10.1. The van der Waals surface area contributed by atoms with E-state index in [4.69, 9.17) is 4.74 Å². The Balaban J connectivity index is 1.68. The molecule has 2 atom stereocenters. The van der Waals surface area contributed by atoms with E-state index in [2.05, 4.69) is 42.6 Å². The largest absolute Gasteiger partial charge is 0.377 e. The number of nitrogens with one attached hydrogen (secondary N) is 1. The van der Waals surface area contributed by atoms with E-state index >= 15 is 0 Å². The average molecular weight is 233 g/mol. The molecule has 1 saturated heterocycles. The summed E-state index contributed by atoms with van der Waals surface area (Å²) in [6.07, 6.45) is 5.29. The first-order chi connectivity index (χ1) is 8.34. The minimum Gasteiger partial charge on any atom is -0.377 e. The first-order valence-corrected chi connectivity index (χ1v) is 6.73. The Morgan fingerprint density at radius 3 is 2.82 bits per heavy atom. The second-order valence-corrected chi connectivity index (χ2v) is 4.99. The normalized spacial score (nSPS) is 22.3. The van der Waals surface area contributed by atoms with Crippen LogP contribution >= 0.6 is 0 Å². The second kappa shape index (κ2) is 6.77.